The van der Waals surface area contributed by atoms with E-state index >= 15 is 0 Å². The summed E-state index contributed by atoms with van der Waals surface area (Å²) in [7, 11) is 0. The second-order valence-electron chi connectivity index (χ2n) is 5.20. The summed E-state index contributed by atoms with van der Waals surface area (Å²) in [5, 5.41) is 0. The van der Waals surface area contributed by atoms with Gasteiger partial charge in [-0.15, -0.1) is 0 Å². The highest BCUT2D eigenvalue weighted by molar-refractivity contribution is 4.85. The molecular formula is C15H32O2. The topological polar surface area (TPSA) is 18.5 Å². The average Bonchev–Trinajstić information content (AvgIpc) is 2.38. The van der Waals surface area contributed by atoms with Gasteiger partial charge in [-0.25, -0.2) is 0 Å². The van der Waals surface area contributed by atoms with Crippen LogP contribution in [0.3, 0.4) is 0 Å². The molecule has 17 heavy (non-hydrogen) atoms. The minimum Gasteiger partial charge on any atom is -0.352 e. The van der Waals surface area contributed by atoms with E-state index in [4.69, 9.17) is 9.47 Å². The Hall–Kier alpha value is -0.0800. The lowest BCUT2D eigenvalue weighted by Gasteiger charge is -2.43. The van der Waals surface area contributed by atoms with Crippen LogP contribution in [-0.2, 0) is 9.47 Å². The summed E-state index contributed by atoms with van der Waals surface area (Å²) in [4.78, 5) is 0. The van der Waals surface area contributed by atoms with Gasteiger partial charge >= 0.3 is 0 Å². The second-order valence-corrected chi connectivity index (χ2v) is 5.20. The van der Waals surface area contributed by atoms with Crippen LogP contribution in [0.25, 0.3) is 0 Å². The van der Waals surface area contributed by atoms with E-state index in [0.29, 0.717) is 12.0 Å². The third-order valence-corrected chi connectivity index (χ3v) is 4.34. The maximum Gasteiger partial charge on any atom is 0.160 e. The van der Waals surface area contributed by atoms with Gasteiger partial charge in [0.15, 0.2) is 6.29 Å². The summed E-state index contributed by atoms with van der Waals surface area (Å²) < 4.78 is 11.9. The molecule has 3 saturated heterocycles. The van der Waals surface area contributed by atoms with E-state index in [1.54, 1.807) is 0 Å². The fourth-order valence-electron chi connectivity index (χ4n) is 3.09. The molecule has 0 aromatic carbocycles. The molecule has 0 aliphatic carbocycles. The largest absolute Gasteiger partial charge is 0.352 e. The second kappa shape index (κ2) is 7.38. The standard InChI is InChI=1S/C13H24O2.2CH4/c1-4-12-11-7-5-6-8-14-13(15-12)10(3)9(11)2;;/h9-13H,4-8H2,1-3H3;2*1H4. The van der Waals surface area contributed by atoms with Gasteiger partial charge in [-0.2, -0.15) is 0 Å². The molecule has 5 unspecified atom stereocenters. The fraction of sp³-hybridized carbons (Fsp3) is 1.00. The molecule has 2 heteroatoms. The quantitative estimate of drug-likeness (QED) is 0.677. The van der Waals surface area contributed by atoms with E-state index in [9.17, 15) is 0 Å². The highest BCUT2D eigenvalue weighted by atomic mass is 16.7. The van der Waals surface area contributed by atoms with Gasteiger partial charge in [0, 0.05) is 12.5 Å². The van der Waals surface area contributed by atoms with Crippen molar-refractivity contribution in [3.05, 3.63) is 0 Å². The van der Waals surface area contributed by atoms with Gasteiger partial charge < -0.3 is 9.47 Å². The van der Waals surface area contributed by atoms with Crippen LogP contribution in [0.1, 0.15) is 61.3 Å². The Morgan fingerprint density at radius 2 is 1.76 bits per heavy atom. The number of ether oxygens (including phenoxy) is 2. The van der Waals surface area contributed by atoms with Crippen LogP contribution < -0.4 is 0 Å². The molecule has 0 aromatic rings. The van der Waals surface area contributed by atoms with Crippen LogP contribution in [-0.4, -0.2) is 19.0 Å². The number of fused-ring (bicyclic) bond motifs is 6. The zero-order valence-electron chi connectivity index (χ0n) is 10.2. The van der Waals surface area contributed by atoms with Crippen molar-refractivity contribution in [2.75, 3.05) is 6.61 Å². The van der Waals surface area contributed by atoms with Gasteiger partial charge in [0.05, 0.1) is 6.10 Å². The molecule has 3 aliphatic heterocycles. The predicted octanol–water partition coefficient (Wildman–Crippen LogP) is 4.48. The number of hydrogen-bond donors (Lipinski definition) is 0. The van der Waals surface area contributed by atoms with Crippen LogP contribution >= 0.6 is 0 Å². The Kier molecular flexibility index (Phi) is 7.34. The molecule has 0 radical (unpaired) electrons. The third-order valence-electron chi connectivity index (χ3n) is 4.34. The first-order valence-electron chi connectivity index (χ1n) is 6.51. The minimum atomic E-state index is 0. The Labute approximate surface area is 108 Å². The first kappa shape index (κ1) is 16.9. The maximum absolute atomic E-state index is 6.08. The van der Waals surface area contributed by atoms with Crippen LogP contribution in [0.5, 0.6) is 0 Å². The molecule has 3 rings (SSSR count). The smallest absolute Gasteiger partial charge is 0.160 e. The van der Waals surface area contributed by atoms with Crippen LogP contribution in [0.4, 0.5) is 0 Å². The van der Waals surface area contributed by atoms with Crippen molar-refractivity contribution < 1.29 is 9.47 Å². The molecule has 3 aliphatic rings. The first-order chi connectivity index (χ1) is 7.24. The summed E-state index contributed by atoms with van der Waals surface area (Å²) in [6.45, 7) is 7.77. The summed E-state index contributed by atoms with van der Waals surface area (Å²) in [5.41, 5.74) is 0. The molecule has 104 valence electrons. The predicted molar refractivity (Wildman–Crippen MR) is 74.0 cm³/mol. The third kappa shape index (κ3) is 3.45. The molecule has 3 heterocycles. The first-order valence-corrected chi connectivity index (χ1v) is 6.51. The van der Waals surface area contributed by atoms with E-state index in [1.165, 1.54) is 19.3 Å². The van der Waals surface area contributed by atoms with E-state index in [1.807, 2.05) is 0 Å². The average molecular weight is 244 g/mol. The van der Waals surface area contributed by atoms with Crippen LogP contribution in [0.15, 0.2) is 0 Å². The maximum atomic E-state index is 6.08. The van der Waals surface area contributed by atoms with Gasteiger partial charge in [0.25, 0.3) is 0 Å². The van der Waals surface area contributed by atoms with Crippen LogP contribution in [0.2, 0.25) is 0 Å². The van der Waals surface area contributed by atoms with Gasteiger partial charge in [0.1, 0.15) is 0 Å². The normalized spacial score (nSPS) is 41.5. The Morgan fingerprint density at radius 1 is 1.06 bits per heavy atom. The molecule has 3 fully saturated rings. The molecule has 2 bridgehead atoms. The number of rotatable bonds is 1. The van der Waals surface area contributed by atoms with E-state index < -0.39 is 0 Å². The van der Waals surface area contributed by atoms with Crippen LogP contribution in [0, 0.1) is 17.8 Å². The van der Waals surface area contributed by atoms with Gasteiger partial charge in [-0.05, 0) is 31.1 Å². The van der Waals surface area contributed by atoms with Gasteiger partial charge in [-0.3, -0.25) is 0 Å². The Morgan fingerprint density at radius 3 is 2.41 bits per heavy atom. The molecule has 5 atom stereocenters. The molecule has 0 aromatic heterocycles. The molecule has 0 amide bonds. The SMILES string of the molecule is C.C.CCC1OC2OCCCCC1C(C)C2C. The lowest BCUT2D eigenvalue weighted by molar-refractivity contribution is -0.246. The highest BCUT2D eigenvalue weighted by Crippen LogP contribution is 2.40. The van der Waals surface area contributed by atoms with Crippen molar-refractivity contribution in [1.82, 2.24) is 0 Å². The van der Waals surface area contributed by atoms with Crippen molar-refractivity contribution >= 4 is 0 Å². The van der Waals surface area contributed by atoms with Gasteiger partial charge in [0.2, 0.25) is 0 Å². The summed E-state index contributed by atoms with van der Waals surface area (Å²) in [6, 6.07) is 0. The van der Waals surface area contributed by atoms with Crippen molar-refractivity contribution in [2.45, 2.75) is 73.7 Å². The minimum absolute atomic E-state index is 0. The van der Waals surface area contributed by atoms with Crippen molar-refractivity contribution in [3.63, 3.8) is 0 Å². The van der Waals surface area contributed by atoms with Crippen molar-refractivity contribution in [2.24, 2.45) is 17.8 Å². The monoisotopic (exact) mass is 244 g/mol. The molecule has 0 saturated carbocycles. The summed E-state index contributed by atoms with van der Waals surface area (Å²) in [6.07, 6.45) is 5.43. The van der Waals surface area contributed by atoms with E-state index in [0.717, 1.165) is 24.9 Å². The Bertz CT molecular complexity index is 201. The zero-order valence-corrected chi connectivity index (χ0v) is 10.2. The van der Waals surface area contributed by atoms with E-state index in [-0.39, 0.29) is 21.1 Å². The molecule has 0 spiro atoms. The van der Waals surface area contributed by atoms with Gasteiger partial charge in [-0.1, -0.05) is 42.0 Å². The lowest BCUT2D eigenvalue weighted by atomic mass is 9.75. The fourth-order valence-corrected chi connectivity index (χ4v) is 3.09. The molecule has 0 N–H and O–H groups in total. The summed E-state index contributed by atoms with van der Waals surface area (Å²) in [5.74, 6) is 2.05. The van der Waals surface area contributed by atoms with E-state index in [2.05, 4.69) is 20.8 Å². The molecule has 2 nitrogen and oxygen atoms in total. The highest BCUT2D eigenvalue weighted by Gasteiger charge is 2.41. The zero-order chi connectivity index (χ0) is 10.8. The Balaban J connectivity index is 0.00000128. The van der Waals surface area contributed by atoms with Crippen molar-refractivity contribution in [3.8, 4) is 0 Å². The van der Waals surface area contributed by atoms with Crippen molar-refractivity contribution in [1.29, 1.82) is 0 Å². The molecular weight excluding hydrogens is 212 g/mol. The summed E-state index contributed by atoms with van der Waals surface area (Å²) >= 11 is 0. The number of hydrogen-bond acceptors (Lipinski definition) is 2. The lowest BCUT2D eigenvalue weighted by Crippen LogP contribution is -2.46.